The van der Waals surface area contributed by atoms with Crippen molar-refractivity contribution in [3.63, 3.8) is 0 Å². The van der Waals surface area contributed by atoms with Gasteiger partial charge in [0.2, 0.25) is 0 Å². The zero-order valence-corrected chi connectivity index (χ0v) is 13.1. The molecule has 0 unspecified atom stereocenters. The fraction of sp³-hybridized carbons (Fsp3) is 0.333. The first-order valence-corrected chi connectivity index (χ1v) is 7.99. The van der Waals surface area contributed by atoms with Crippen molar-refractivity contribution in [1.82, 2.24) is 14.6 Å². The zero-order valence-electron chi connectivity index (χ0n) is 13.1. The van der Waals surface area contributed by atoms with Crippen molar-refractivity contribution in [3.8, 4) is 11.1 Å². The first-order valence-electron chi connectivity index (χ1n) is 7.99. The van der Waals surface area contributed by atoms with Crippen molar-refractivity contribution < 1.29 is 4.74 Å². The monoisotopic (exact) mass is 309 g/mol. The lowest BCUT2D eigenvalue weighted by Gasteiger charge is -2.21. The van der Waals surface area contributed by atoms with E-state index in [1.165, 1.54) is 0 Å². The van der Waals surface area contributed by atoms with Crippen LogP contribution < -0.4 is 5.56 Å². The van der Waals surface area contributed by atoms with Gasteiger partial charge in [0, 0.05) is 36.5 Å². The molecule has 1 aliphatic heterocycles. The Labute approximate surface area is 133 Å². The summed E-state index contributed by atoms with van der Waals surface area (Å²) in [4.78, 5) is 17.3. The van der Waals surface area contributed by atoms with Gasteiger partial charge >= 0.3 is 0 Å². The second-order valence-corrected chi connectivity index (χ2v) is 6.04. The zero-order chi connectivity index (χ0) is 15.8. The van der Waals surface area contributed by atoms with E-state index in [1.807, 2.05) is 37.3 Å². The molecular weight excluding hydrogens is 290 g/mol. The molecule has 2 aromatic heterocycles. The van der Waals surface area contributed by atoms with Crippen LogP contribution in [0.3, 0.4) is 0 Å². The number of ether oxygens (including phenoxy) is 1. The molecule has 1 aliphatic rings. The van der Waals surface area contributed by atoms with Gasteiger partial charge in [-0.1, -0.05) is 30.3 Å². The molecule has 1 fully saturated rings. The predicted octanol–water partition coefficient (Wildman–Crippen LogP) is 2.89. The Morgan fingerprint density at radius 1 is 1.22 bits per heavy atom. The van der Waals surface area contributed by atoms with Gasteiger partial charge in [-0.05, 0) is 25.3 Å². The van der Waals surface area contributed by atoms with E-state index >= 15 is 0 Å². The van der Waals surface area contributed by atoms with Crippen molar-refractivity contribution >= 4 is 5.65 Å². The topological polar surface area (TPSA) is 59.4 Å². The third kappa shape index (κ3) is 2.47. The van der Waals surface area contributed by atoms with Gasteiger partial charge in [0.15, 0.2) is 5.65 Å². The second kappa shape index (κ2) is 5.66. The summed E-state index contributed by atoms with van der Waals surface area (Å²) in [5, 5.41) is 3.14. The van der Waals surface area contributed by atoms with Crippen LogP contribution in [0.1, 0.15) is 30.1 Å². The van der Waals surface area contributed by atoms with E-state index in [4.69, 9.17) is 9.72 Å². The normalized spacial score (nSPS) is 16.0. The molecule has 0 atom stereocenters. The van der Waals surface area contributed by atoms with Gasteiger partial charge in [0.1, 0.15) is 0 Å². The molecule has 3 aromatic rings. The summed E-state index contributed by atoms with van der Waals surface area (Å²) in [5.41, 5.74) is 4.56. The van der Waals surface area contributed by atoms with Gasteiger partial charge in [-0.2, -0.15) is 0 Å². The molecule has 1 N–H and O–H groups in total. The van der Waals surface area contributed by atoms with Gasteiger partial charge in [-0.3, -0.25) is 9.89 Å². The summed E-state index contributed by atoms with van der Waals surface area (Å²) >= 11 is 0. The lowest BCUT2D eigenvalue weighted by Crippen LogP contribution is -2.20. The van der Waals surface area contributed by atoms with Gasteiger partial charge in [-0.25, -0.2) is 9.50 Å². The Morgan fingerprint density at radius 3 is 2.70 bits per heavy atom. The van der Waals surface area contributed by atoms with E-state index in [-0.39, 0.29) is 5.56 Å². The number of aryl methyl sites for hydroxylation is 1. The van der Waals surface area contributed by atoms with Crippen molar-refractivity contribution in [2.75, 3.05) is 13.2 Å². The van der Waals surface area contributed by atoms with E-state index < -0.39 is 0 Å². The minimum absolute atomic E-state index is 0.0539. The maximum Gasteiger partial charge on any atom is 0.272 e. The van der Waals surface area contributed by atoms with Crippen molar-refractivity contribution in [2.24, 2.45) is 0 Å². The van der Waals surface area contributed by atoms with Crippen LogP contribution in [-0.2, 0) is 4.74 Å². The average Bonchev–Trinajstić information content (AvgIpc) is 2.93. The first kappa shape index (κ1) is 14.2. The van der Waals surface area contributed by atoms with Crippen molar-refractivity contribution in [1.29, 1.82) is 0 Å². The van der Waals surface area contributed by atoms with Crippen LogP contribution in [0, 0.1) is 6.92 Å². The molecule has 118 valence electrons. The maximum atomic E-state index is 12.5. The van der Waals surface area contributed by atoms with Crippen molar-refractivity contribution in [3.05, 3.63) is 58.1 Å². The van der Waals surface area contributed by atoms with Crippen LogP contribution in [0.15, 0.2) is 41.2 Å². The predicted molar refractivity (Wildman–Crippen MR) is 88.8 cm³/mol. The standard InChI is InChI=1S/C18H19N3O2/c1-12-17(14-5-3-2-4-6-14)18-19-15(11-16(22)21(18)20-12)13-7-9-23-10-8-13/h2-6,11,13,20H,7-10H2,1H3. The highest BCUT2D eigenvalue weighted by molar-refractivity contribution is 5.79. The lowest BCUT2D eigenvalue weighted by molar-refractivity contribution is 0.0845. The summed E-state index contributed by atoms with van der Waals surface area (Å²) in [6, 6.07) is 11.7. The van der Waals surface area contributed by atoms with E-state index in [0.29, 0.717) is 11.6 Å². The van der Waals surface area contributed by atoms with Crippen LogP contribution in [0.25, 0.3) is 16.8 Å². The summed E-state index contributed by atoms with van der Waals surface area (Å²) in [6.07, 6.45) is 1.85. The maximum absolute atomic E-state index is 12.5. The molecule has 5 nitrogen and oxygen atoms in total. The number of benzene rings is 1. The molecule has 0 bridgehead atoms. The smallest absolute Gasteiger partial charge is 0.272 e. The molecule has 1 saturated heterocycles. The highest BCUT2D eigenvalue weighted by atomic mass is 16.5. The van der Waals surface area contributed by atoms with Gasteiger partial charge in [0.05, 0.1) is 5.69 Å². The Bertz CT molecular complexity index is 890. The van der Waals surface area contributed by atoms with Crippen LogP contribution >= 0.6 is 0 Å². The molecule has 0 spiro atoms. The minimum atomic E-state index is -0.0539. The Hall–Kier alpha value is -2.40. The molecule has 3 heterocycles. The Morgan fingerprint density at radius 2 is 1.96 bits per heavy atom. The molecule has 4 rings (SSSR count). The molecule has 0 aliphatic carbocycles. The highest BCUT2D eigenvalue weighted by Gasteiger charge is 2.21. The van der Waals surface area contributed by atoms with Crippen LogP contribution in [0.2, 0.25) is 0 Å². The third-order valence-corrected chi connectivity index (χ3v) is 4.52. The van der Waals surface area contributed by atoms with Crippen LogP contribution in [0.5, 0.6) is 0 Å². The number of hydrogen-bond donors (Lipinski definition) is 1. The SMILES string of the molecule is Cc1[nH]n2c(=O)cc(C3CCOCC3)nc2c1-c1ccccc1. The van der Waals surface area contributed by atoms with Crippen molar-refractivity contribution in [2.45, 2.75) is 25.7 Å². The number of aromatic amines is 1. The Kier molecular flexibility index (Phi) is 3.50. The first-order chi connectivity index (χ1) is 11.2. The molecule has 5 heteroatoms. The van der Waals surface area contributed by atoms with E-state index in [9.17, 15) is 4.79 Å². The van der Waals surface area contributed by atoms with Gasteiger partial charge in [0.25, 0.3) is 5.56 Å². The number of aromatic nitrogens is 3. The van der Waals surface area contributed by atoms with E-state index in [2.05, 4.69) is 5.10 Å². The molecular formula is C18H19N3O2. The number of hydrogen-bond acceptors (Lipinski definition) is 3. The summed E-state index contributed by atoms with van der Waals surface area (Å²) in [6.45, 7) is 3.46. The fourth-order valence-corrected chi connectivity index (χ4v) is 3.32. The summed E-state index contributed by atoms with van der Waals surface area (Å²) in [5.74, 6) is 0.306. The fourth-order valence-electron chi connectivity index (χ4n) is 3.32. The van der Waals surface area contributed by atoms with E-state index in [1.54, 1.807) is 10.6 Å². The Balaban J connectivity index is 1.92. The lowest BCUT2D eigenvalue weighted by atomic mass is 9.96. The summed E-state index contributed by atoms with van der Waals surface area (Å²) < 4.78 is 6.96. The molecule has 0 amide bonds. The molecule has 1 aromatic carbocycles. The van der Waals surface area contributed by atoms with Crippen LogP contribution in [0.4, 0.5) is 0 Å². The largest absolute Gasteiger partial charge is 0.381 e. The van der Waals surface area contributed by atoms with E-state index in [0.717, 1.165) is 48.6 Å². The van der Waals surface area contributed by atoms with Gasteiger partial charge < -0.3 is 4.74 Å². The number of nitrogens with one attached hydrogen (secondary N) is 1. The van der Waals surface area contributed by atoms with Crippen LogP contribution in [-0.4, -0.2) is 27.8 Å². The average molecular weight is 309 g/mol. The second-order valence-electron chi connectivity index (χ2n) is 6.04. The quantitative estimate of drug-likeness (QED) is 0.792. The van der Waals surface area contributed by atoms with Gasteiger partial charge in [-0.15, -0.1) is 0 Å². The highest BCUT2D eigenvalue weighted by Crippen LogP contribution is 2.29. The summed E-state index contributed by atoms with van der Waals surface area (Å²) in [7, 11) is 0. The molecule has 0 radical (unpaired) electrons. The molecule has 0 saturated carbocycles. The molecule has 23 heavy (non-hydrogen) atoms. The number of fused-ring (bicyclic) bond motifs is 1. The minimum Gasteiger partial charge on any atom is -0.381 e. The third-order valence-electron chi connectivity index (χ3n) is 4.52. The number of rotatable bonds is 2. The number of H-pyrrole nitrogens is 1. The number of nitrogens with zero attached hydrogens (tertiary/aromatic N) is 2.